The highest BCUT2D eigenvalue weighted by atomic mass is 32.1. The van der Waals surface area contributed by atoms with Crippen molar-refractivity contribution < 1.29 is 20.1 Å². The van der Waals surface area contributed by atoms with Gasteiger partial charge in [-0.05, 0) is 35.7 Å². The SMILES string of the molecule is C=C(C)[O-].OCC(O)COc1ccc(-c2ncc(-c3cccs3)[nH]2)cc1. The van der Waals surface area contributed by atoms with Crippen LogP contribution in [0.5, 0.6) is 5.75 Å². The first-order valence-electron chi connectivity index (χ1n) is 7.93. The minimum absolute atomic E-state index is 0.0686. The fourth-order valence-electron chi connectivity index (χ4n) is 1.98. The van der Waals surface area contributed by atoms with E-state index >= 15 is 0 Å². The fraction of sp³-hybridized carbons (Fsp3) is 0.211. The number of aromatic amines is 1. The Labute approximate surface area is 156 Å². The molecule has 0 bridgehead atoms. The molecule has 3 N–H and O–H groups in total. The van der Waals surface area contributed by atoms with E-state index in [9.17, 15) is 10.2 Å². The first kappa shape index (κ1) is 19.7. The van der Waals surface area contributed by atoms with Crippen molar-refractivity contribution in [2.75, 3.05) is 13.2 Å². The average Bonchev–Trinajstić information content (AvgIpc) is 3.30. The Balaban J connectivity index is 0.000000552. The van der Waals surface area contributed by atoms with Gasteiger partial charge in [-0.25, -0.2) is 4.98 Å². The molecule has 3 rings (SSSR count). The van der Waals surface area contributed by atoms with Gasteiger partial charge in [0.25, 0.3) is 0 Å². The van der Waals surface area contributed by atoms with Gasteiger partial charge in [0.05, 0.1) is 23.4 Å². The predicted octanol–water partition coefficient (Wildman–Crippen LogP) is 2.42. The molecule has 0 fully saturated rings. The number of benzene rings is 1. The number of aliphatic hydroxyl groups is 2. The first-order valence-corrected chi connectivity index (χ1v) is 8.81. The summed E-state index contributed by atoms with van der Waals surface area (Å²) >= 11 is 1.66. The van der Waals surface area contributed by atoms with Crippen LogP contribution in [0, 0.1) is 0 Å². The molecule has 1 atom stereocenters. The van der Waals surface area contributed by atoms with Crippen LogP contribution in [0.4, 0.5) is 0 Å². The molecule has 26 heavy (non-hydrogen) atoms. The number of aromatic nitrogens is 2. The van der Waals surface area contributed by atoms with Gasteiger partial charge in [-0.3, -0.25) is 0 Å². The molecule has 3 aromatic rings. The van der Waals surface area contributed by atoms with Crippen LogP contribution < -0.4 is 9.84 Å². The number of imidazole rings is 1. The van der Waals surface area contributed by atoms with Gasteiger partial charge in [-0.2, -0.15) is 0 Å². The van der Waals surface area contributed by atoms with Crippen molar-refractivity contribution in [3.05, 3.63) is 60.3 Å². The lowest BCUT2D eigenvalue weighted by atomic mass is 10.2. The van der Waals surface area contributed by atoms with Crippen LogP contribution in [0.25, 0.3) is 22.0 Å². The Morgan fingerprint density at radius 1 is 1.35 bits per heavy atom. The molecule has 0 amide bonds. The molecule has 0 aliphatic carbocycles. The number of allylic oxidation sites excluding steroid dienone is 1. The number of nitrogens with zero attached hydrogens (tertiary/aromatic N) is 1. The molecule has 1 unspecified atom stereocenters. The molecular formula is C19H21N2O4S-. The molecule has 2 heterocycles. The van der Waals surface area contributed by atoms with Crippen molar-refractivity contribution in [1.29, 1.82) is 0 Å². The number of thiophene rings is 1. The van der Waals surface area contributed by atoms with E-state index < -0.39 is 6.10 Å². The van der Waals surface area contributed by atoms with E-state index in [1.807, 2.05) is 48.0 Å². The lowest BCUT2D eigenvalue weighted by Crippen LogP contribution is -2.21. The van der Waals surface area contributed by atoms with Gasteiger partial charge in [0, 0.05) is 5.56 Å². The second-order valence-electron chi connectivity index (χ2n) is 5.50. The van der Waals surface area contributed by atoms with Crippen LogP contribution in [0.3, 0.4) is 0 Å². The van der Waals surface area contributed by atoms with E-state index in [1.54, 1.807) is 11.3 Å². The van der Waals surface area contributed by atoms with Crippen LogP contribution >= 0.6 is 11.3 Å². The Bertz CT molecular complexity index is 793. The van der Waals surface area contributed by atoms with Crippen LogP contribution in [0.2, 0.25) is 0 Å². The predicted molar refractivity (Wildman–Crippen MR) is 101 cm³/mol. The Morgan fingerprint density at radius 3 is 2.62 bits per heavy atom. The highest BCUT2D eigenvalue weighted by Crippen LogP contribution is 2.26. The minimum atomic E-state index is -0.863. The van der Waals surface area contributed by atoms with Gasteiger partial charge in [0.2, 0.25) is 0 Å². The molecule has 6 nitrogen and oxygen atoms in total. The summed E-state index contributed by atoms with van der Waals surface area (Å²) in [7, 11) is 0. The van der Waals surface area contributed by atoms with Crippen LogP contribution in [-0.4, -0.2) is 39.5 Å². The normalized spacial score (nSPS) is 11.3. The zero-order chi connectivity index (χ0) is 18.9. The van der Waals surface area contributed by atoms with Crippen LogP contribution in [0.1, 0.15) is 6.92 Å². The molecule has 138 valence electrons. The molecule has 0 radical (unpaired) electrons. The van der Waals surface area contributed by atoms with Crippen LogP contribution in [-0.2, 0) is 0 Å². The minimum Gasteiger partial charge on any atom is -0.876 e. The van der Waals surface area contributed by atoms with Crippen molar-refractivity contribution in [2.24, 2.45) is 0 Å². The summed E-state index contributed by atoms with van der Waals surface area (Å²) in [5, 5.41) is 29.4. The zero-order valence-electron chi connectivity index (χ0n) is 14.4. The van der Waals surface area contributed by atoms with Gasteiger partial charge in [-0.15, -0.1) is 23.7 Å². The summed E-state index contributed by atoms with van der Waals surface area (Å²) in [5.41, 5.74) is 1.95. The second-order valence-corrected chi connectivity index (χ2v) is 6.44. The number of hydrogen-bond acceptors (Lipinski definition) is 6. The third-order valence-corrected chi connectivity index (χ3v) is 4.05. The summed E-state index contributed by atoms with van der Waals surface area (Å²) in [5.74, 6) is 1.35. The van der Waals surface area contributed by atoms with E-state index in [1.165, 1.54) is 6.92 Å². The lowest BCUT2D eigenvalue weighted by Gasteiger charge is -2.09. The van der Waals surface area contributed by atoms with Crippen molar-refractivity contribution in [2.45, 2.75) is 13.0 Å². The van der Waals surface area contributed by atoms with E-state index in [0.717, 1.165) is 22.0 Å². The summed E-state index contributed by atoms with van der Waals surface area (Å²) in [6, 6.07) is 11.5. The summed E-state index contributed by atoms with van der Waals surface area (Å²) in [6.07, 6.45) is 0.960. The van der Waals surface area contributed by atoms with Gasteiger partial charge in [0.1, 0.15) is 24.3 Å². The highest BCUT2D eigenvalue weighted by molar-refractivity contribution is 7.13. The summed E-state index contributed by atoms with van der Waals surface area (Å²) in [4.78, 5) is 8.84. The second kappa shape index (κ2) is 9.76. The number of ether oxygens (including phenoxy) is 1. The maximum atomic E-state index is 9.33. The van der Waals surface area contributed by atoms with Crippen molar-refractivity contribution >= 4 is 11.3 Å². The van der Waals surface area contributed by atoms with E-state index in [2.05, 4.69) is 16.5 Å². The maximum absolute atomic E-state index is 9.33. The van der Waals surface area contributed by atoms with Crippen molar-refractivity contribution in [3.8, 4) is 27.7 Å². The Hall–Kier alpha value is -2.61. The third-order valence-electron chi connectivity index (χ3n) is 3.14. The number of rotatable bonds is 6. The largest absolute Gasteiger partial charge is 0.876 e. The fourth-order valence-corrected chi connectivity index (χ4v) is 2.67. The first-order chi connectivity index (χ1) is 12.5. The van der Waals surface area contributed by atoms with E-state index in [-0.39, 0.29) is 19.0 Å². The Morgan fingerprint density at radius 2 is 2.04 bits per heavy atom. The van der Waals surface area contributed by atoms with Gasteiger partial charge in [-0.1, -0.05) is 13.0 Å². The van der Waals surface area contributed by atoms with Crippen molar-refractivity contribution in [3.63, 3.8) is 0 Å². The maximum Gasteiger partial charge on any atom is 0.137 e. The summed E-state index contributed by atoms with van der Waals surface area (Å²) < 4.78 is 5.37. The topological polar surface area (TPSA) is 101 Å². The molecule has 0 saturated heterocycles. The monoisotopic (exact) mass is 373 g/mol. The van der Waals surface area contributed by atoms with Gasteiger partial charge >= 0.3 is 0 Å². The molecular weight excluding hydrogens is 352 g/mol. The van der Waals surface area contributed by atoms with Gasteiger partial charge < -0.3 is 25.0 Å². The highest BCUT2D eigenvalue weighted by Gasteiger charge is 2.07. The molecule has 7 heteroatoms. The molecule has 0 spiro atoms. The number of nitrogens with one attached hydrogen (secondary N) is 1. The van der Waals surface area contributed by atoms with Gasteiger partial charge in [0.15, 0.2) is 0 Å². The van der Waals surface area contributed by atoms with Crippen molar-refractivity contribution in [1.82, 2.24) is 9.97 Å². The smallest absolute Gasteiger partial charge is 0.137 e. The molecule has 0 saturated carbocycles. The zero-order valence-corrected chi connectivity index (χ0v) is 15.2. The number of hydrogen-bond donors (Lipinski definition) is 3. The quantitative estimate of drug-likeness (QED) is 0.576. The van der Waals surface area contributed by atoms with E-state index in [0.29, 0.717) is 5.75 Å². The molecule has 1 aromatic carbocycles. The lowest BCUT2D eigenvalue weighted by molar-refractivity contribution is -0.300. The molecule has 0 aliphatic heterocycles. The third kappa shape index (κ3) is 6.03. The standard InChI is InChI=1S/C16H16N2O3S.C3H6O/c19-9-12(20)10-21-13-5-3-11(4-6-13)16-17-8-14(18-16)15-2-1-7-22-15;1-3(2)4/h1-8,12,19-20H,9-10H2,(H,17,18);4H,1H2,2H3/p-1. The number of H-pyrrole nitrogens is 1. The Kier molecular flexibility index (Phi) is 7.40. The number of aliphatic hydroxyl groups excluding tert-OH is 2. The molecule has 2 aromatic heterocycles. The molecule has 0 aliphatic rings. The summed E-state index contributed by atoms with van der Waals surface area (Å²) in [6.45, 7) is 4.18. The van der Waals surface area contributed by atoms with E-state index in [4.69, 9.17) is 9.84 Å². The average molecular weight is 373 g/mol. The van der Waals surface area contributed by atoms with Crippen LogP contribution in [0.15, 0.2) is 60.3 Å².